The summed E-state index contributed by atoms with van der Waals surface area (Å²) in [5, 5.41) is 13.9. The van der Waals surface area contributed by atoms with Gasteiger partial charge in [0, 0.05) is 24.3 Å². The molecule has 0 aliphatic carbocycles. The van der Waals surface area contributed by atoms with E-state index < -0.39 is 0 Å². The van der Waals surface area contributed by atoms with Crippen LogP contribution in [0.15, 0.2) is 47.6 Å². The second-order valence-corrected chi connectivity index (χ2v) is 5.48. The molecule has 22 heavy (non-hydrogen) atoms. The molecule has 0 fully saturated rings. The molecule has 0 saturated carbocycles. The molecule has 0 saturated heterocycles. The second kappa shape index (κ2) is 7.82. The van der Waals surface area contributed by atoms with Crippen molar-refractivity contribution in [1.29, 1.82) is 0 Å². The van der Waals surface area contributed by atoms with Gasteiger partial charge in [0.1, 0.15) is 0 Å². The summed E-state index contributed by atoms with van der Waals surface area (Å²) >= 11 is 6.07. The van der Waals surface area contributed by atoms with Gasteiger partial charge in [0.25, 0.3) is 0 Å². The smallest absolute Gasteiger partial charge is 0.0606 e. The van der Waals surface area contributed by atoms with Crippen molar-refractivity contribution in [3.63, 3.8) is 0 Å². The third-order valence-corrected chi connectivity index (χ3v) is 3.76. The van der Waals surface area contributed by atoms with Crippen LogP contribution < -0.4 is 10.3 Å². The highest BCUT2D eigenvalue weighted by atomic mass is 35.5. The van der Waals surface area contributed by atoms with E-state index in [-0.39, 0.29) is 6.61 Å². The van der Waals surface area contributed by atoms with Gasteiger partial charge in [-0.25, -0.2) is 0 Å². The van der Waals surface area contributed by atoms with E-state index in [9.17, 15) is 0 Å². The topological polar surface area (TPSA) is 47.9 Å². The van der Waals surface area contributed by atoms with Crippen LogP contribution in [0, 0.1) is 6.92 Å². The molecule has 0 bridgehead atoms. The zero-order valence-corrected chi connectivity index (χ0v) is 13.5. The van der Waals surface area contributed by atoms with E-state index in [4.69, 9.17) is 16.7 Å². The van der Waals surface area contributed by atoms with Crippen LogP contribution in [0.3, 0.4) is 0 Å². The van der Waals surface area contributed by atoms with Crippen LogP contribution in [0.4, 0.5) is 11.4 Å². The summed E-state index contributed by atoms with van der Waals surface area (Å²) in [6.07, 6.45) is 1.75. The predicted molar refractivity (Wildman–Crippen MR) is 94.2 cm³/mol. The monoisotopic (exact) mass is 317 g/mol. The van der Waals surface area contributed by atoms with Gasteiger partial charge in [-0.1, -0.05) is 29.8 Å². The average Bonchev–Trinajstić information content (AvgIpc) is 2.52. The van der Waals surface area contributed by atoms with Crippen LogP contribution in [0.1, 0.15) is 11.1 Å². The Morgan fingerprint density at radius 3 is 2.59 bits per heavy atom. The summed E-state index contributed by atoms with van der Waals surface area (Å²) in [6, 6.07) is 13.7. The van der Waals surface area contributed by atoms with E-state index in [0.29, 0.717) is 6.54 Å². The van der Waals surface area contributed by atoms with E-state index in [0.717, 1.165) is 27.5 Å². The van der Waals surface area contributed by atoms with Gasteiger partial charge < -0.3 is 10.0 Å². The number of nitrogens with zero attached hydrogens (tertiary/aromatic N) is 2. The van der Waals surface area contributed by atoms with Crippen molar-refractivity contribution in [1.82, 2.24) is 0 Å². The highest BCUT2D eigenvalue weighted by Crippen LogP contribution is 2.19. The zero-order chi connectivity index (χ0) is 15.9. The molecule has 0 spiro atoms. The lowest BCUT2D eigenvalue weighted by atomic mass is 10.2. The zero-order valence-electron chi connectivity index (χ0n) is 12.8. The lowest BCUT2D eigenvalue weighted by Crippen LogP contribution is -2.20. The molecule has 2 N–H and O–H groups in total. The summed E-state index contributed by atoms with van der Waals surface area (Å²) in [5.41, 5.74) is 6.91. The molecule has 5 heteroatoms. The van der Waals surface area contributed by atoms with Crippen molar-refractivity contribution in [3.05, 3.63) is 58.6 Å². The molecule has 0 aliphatic rings. The Bertz CT molecular complexity index is 641. The number of aryl methyl sites for hydroxylation is 1. The minimum Gasteiger partial charge on any atom is -0.395 e. The number of hydrazone groups is 1. The van der Waals surface area contributed by atoms with E-state index in [1.807, 2.05) is 61.3 Å². The Kier molecular flexibility index (Phi) is 5.81. The Hall–Kier alpha value is -2.04. The molecule has 116 valence electrons. The molecule has 2 aromatic carbocycles. The SMILES string of the molecule is Cc1ccc(N/N=C/c2ccc(N(C)CCO)cc2)cc1Cl. The largest absolute Gasteiger partial charge is 0.395 e. The number of anilines is 2. The Morgan fingerprint density at radius 1 is 1.23 bits per heavy atom. The number of halogens is 1. The highest BCUT2D eigenvalue weighted by Gasteiger charge is 1.99. The summed E-state index contributed by atoms with van der Waals surface area (Å²) in [6.45, 7) is 2.72. The van der Waals surface area contributed by atoms with Crippen LogP contribution >= 0.6 is 11.6 Å². The molecule has 0 radical (unpaired) electrons. The fourth-order valence-corrected chi connectivity index (χ4v) is 2.12. The average molecular weight is 318 g/mol. The predicted octanol–water partition coefficient (Wildman–Crippen LogP) is 3.52. The third-order valence-electron chi connectivity index (χ3n) is 3.35. The maximum Gasteiger partial charge on any atom is 0.0606 e. The van der Waals surface area contributed by atoms with Crippen molar-refractivity contribution in [3.8, 4) is 0 Å². The van der Waals surface area contributed by atoms with Gasteiger partial charge in [-0.2, -0.15) is 5.10 Å². The molecular weight excluding hydrogens is 298 g/mol. The molecule has 0 heterocycles. The van der Waals surface area contributed by atoms with Gasteiger partial charge in [-0.15, -0.1) is 0 Å². The van der Waals surface area contributed by atoms with Gasteiger partial charge in [-0.05, 0) is 42.3 Å². The van der Waals surface area contributed by atoms with Crippen LogP contribution in [0.5, 0.6) is 0 Å². The number of aliphatic hydroxyl groups is 1. The van der Waals surface area contributed by atoms with Gasteiger partial charge in [0.05, 0.1) is 18.5 Å². The maximum atomic E-state index is 8.93. The number of nitrogens with one attached hydrogen (secondary N) is 1. The standard InChI is InChI=1S/C17H20ClN3O/c1-13-3-6-15(11-17(13)18)20-19-12-14-4-7-16(8-5-14)21(2)9-10-22/h3-8,11-12,20,22H,9-10H2,1-2H3/b19-12+. The maximum absolute atomic E-state index is 8.93. The fourth-order valence-electron chi connectivity index (χ4n) is 1.94. The Labute approximate surface area is 136 Å². The van der Waals surface area contributed by atoms with Crippen LogP contribution in [0.25, 0.3) is 0 Å². The van der Waals surface area contributed by atoms with Crippen LogP contribution in [0.2, 0.25) is 5.02 Å². The quantitative estimate of drug-likeness (QED) is 0.633. The van der Waals surface area contributed by atoms with Crippen LogP contribution in [-0.2, 0) is 0 Å². The van der Waals surface area contributed by atoms with Gasteiger partial charge in [0.2, 0.25) is 0 Å². The van der Waals surface area contributed by atoms with Crippen LogP contribution in [-0.4, -0.2) is 31.5 Å². The molecule has 2 rings (SSSR count). The molecule has 2 aromatic rings. The first kappa shape index (κ1) is 16.3. The van der Waals surface area contributed by atoms with Crippen molar-refractivity contribution in [2.75, 3.05) is 30.5 Å². The Balaban J connectivity index is 1.96. The van der Waals surface area contributed by atoms with E-state index >= 15 is 0 Å². The number of hydrogen-bond acceptors (Lipinski definition) is 4. The van der Waals surface area contributed by atoms with E-state index in [1.54, 1.807) is 6.21 Å². The summed E-state index contributed by atoms with van der Waals surface area (Å²) < 4.78 is 0. The number of likely N-dealkylation sites (N-methyl/N-ethyl adjacent to an activating group) is 1. The van der Waals surface area contributed by atoms with Crippen molar-refractivity contribution in [2.24, 2.45) is 5.10 Å². The molecular formula is C17H20ClN3O. The second-order valence-electron chi connectivity index (χ2n) is 5.07. The van der Waals surface area contributed by atoms with Gasteiger partial charge in [0.15, 0.2) is 0 Å². The first-order valence-electron chi connectivity index (χ1n) is 7.07. The number of rotatable bonds is 6. The molecule has 0 aromatic heterocycles. The summed E-state index contributed by atoms with van der Waals surface area (Å²) in [5.74, 6) is 0. The van der Waals surface area contributed by atoms with Gasteiger partial charge in [-0.3, -0.25) is 5.43 Å². The normalized spacial score (nSPS) is 10.9. The van der Waals surface area contributed by atoms with Gasteiger partial charge >= 0.3 is 0 Å². The van der Waals surface area contributed by atoms with Crippen molar-refractivity contribution in [2.45, 2.75) is 6.92 Å². The molecule has 0 aliphatic heterocycles. The summed E-state index contributed by atoms with van der Waals surface area (Å²) in [7, 11) is 1.95. The van der Waals surface area contributed by atoms with Crippen molar-refractivity contribution < 1.29 is 5.11 Å². The Morgan fingerprint density at radius 2 is 1.95 bits per heavy atom. The first-order valence-corrected chi connectivity index (χ1v) is 7.45. The minimum absolute atomic E-state index is 0.142. The molecule has 0 atom stereocenters. The lowest BCUT2D eigenvalue weighted by molar-refractivity contribution is 0.304. The fraction of sp³-hybridized carbons (Fsp3) is 0.235. The first-order chi connectivity index (χ1) is 10.6. The third kappa shape index (κ3) is 4.48. The minimum atomic E-state index is 0.142. The van der Waals surface area contributed by atoms with E-state index in [1.165, 1.54) is 0 Å². The number of benzene rings is 2. The molecule has 0 unspecified atom stereocenters. The van der Waals surface area contributed by atoms with Crippen molar-refractivity contribution >= 4 is 29.2 Å². The molecule has 0 amide bonds. The number of aliphatic hydroxyl groups excluding tert-OH is 1. The summed E-state index contributed by atoms with van der Waals surface area (Å²) in [4.78, 5) is 1.99. The van der Waals surface area contributed by atoms with E-state index in [2.05, 4.69) is 10.5 Å². The lowest BCUT2D eigenvalue weighted by Gasteiger charge is -2.17. The number of hydrogen-bond donors (Lipinski definition) is 2. The molecule has 4 nitrogen and oxygen atoms in total. The highest BCUT2D eigenvalue weighted by molar-refractivity contribution is 6.31.